The Labute approximate surface area is 216 Å². The van der Waals surface area contributed by atoms with Crippen molar-refractivity contribution in [3.63, 3.8) is 0 Å². The van der Waals surface area contributed by atoms with E-state index in [4.69, 9.17) is 4.74 Å². The zero-order valence-electron chi connectivity index (χ0n) is 21.3. The first-order valence-electron chi connectivity index (χ1n) is 12.0. The number of urea groups is 1. The summed E-state index contributed by atoms with van der Waals surface area (Å²) in [6.45, 7) is 8.26. The van der Waals surface area contributed by atoms with Crippen molar-refractivity contribution in [3.8, 4) is 22.6 Å². The van der Waals surface area contributed by atoms with Gasteiger partial charge in [-0.3, -0.25) is 0 Å². The Morgan fingerprint density at radius 2 is 1.41 bits per heavy atom. The second kappa shape index (κ2) is 10.6. The summed E-state index contributed by atoms with van der Waals surface area (Å²) in [5.74, 6) is 0.157. The molecule has 0 spiro atoms. The predicted octanol–water partition coefficient (Wildman–Crippen LogP) is 8.09. The minimum absolute atomic E-state index is 0.149. The molecule has 188 valence electrons. The molecule has 0 saturated carbocycles. The lowest BCUT2D eigenvalue weighted by atomic mass is 9.86. The molecule has 0 bridgehead atoms. The maximum atomic E-state index is 13.0. The number of aryl methyl sites for hydroxylation is 1. The lowest BCUT2D eigenvalue weighted by molar-refractivity contribution is 0.0697. The molecular weight excluding hydrogens is 464 g/mol. The monoisotopic (exact) mass is 494 g/mol. The number of rotatable bonds is 6. The zero-order chi connectivity index (χ0) is 26.6. The van der Waals surface area contributed by atoms with Gasteiger partial charge in [0, 0.05) is 11.3 Å². The fourth-order valence-corrected chi connectivity index (χ4v) is 4.01. The number of hydrogen-bond acceptors (Lipinski definition) is 3. The molecule has 0 aliphatic rings. The molecule has 0 aliphatic heterocycles. The molecule has 4 aromatic carbocycles. The van der Waals surface area contributed by atoms with Crippen molar-refractivity contribution >= 4 is 23.4 Å². The highest BCUT2D eigenvalue weighted by Crippen LogP contribution is 2.38. The van der Waals surface area contributed by atoms with Crippen LogP contribution in [0.4, 0.5) is 16.2 Å². The number of hydrogen-bond donors (Lipinski definition) is 3. The van der Waals surface area contributed by atoms with Crippen molar-refractivity contribution in [3.05, 3.63) is 108 Å². The van der Waals surface area contributed by atoms with Gasteiger partial charge in [0.15, 0.2) is 5.75 Å². The van der Waals surface area contributed by atoms with E-state index in [1.54, 1.807) is 30.3 Å². The van der Waals surface area contributed by atoms with Crippen LogP contribution in [0.25, 0.3) is 11.1 Å². The van der Waals surface area contributed by atoms with Gasteiger partial charge in [0.25, 0.3) is 0 Å². The van der Waals surface area contributed by atoms with Crippen molar-refractivity contribution in [2.75, 3.05) is 10.6 Å². The van der Waals surface area contributed by atoms with Crippen LogP contribution < -0.4 is 15.4 Å². The SMILES string of the molecule is Cc1ccccc1NC(=O)Nc1cc(-c2cccc(C(=O)O)c2)ccc1Oc1ccccc1C(C)(C)C. The summed E-state index contributed by atoms with van der Waals surface area (Å²) in [4.78, 5) is 24.5. The highest BCUT2D eigenvalue weighted by atomic mass is 16.5. The number of amides is 2. The number of anilines is 2. The summed E-state index contributed by atoms with van der Waals surface area (Å²) < 4.78 is 6.36. The fourth-order valence-electron chi connectivity index (χ4n) is 4.01. The molecule has 0 atom stereocenters. The standard InChI is InChI=1S/C31H30N2O4/c1-20-10-5-7-14-25(20)32-30(36)33-26-19-22(21-11-9-12-23(18-21)29(34)35)16-17-28(26)37-27-15-8-6-13-24(27)31(2,3)4/h5-19H,1-4H3,(H,34,35)(H2,32,33,36). The molecule has 0 heterocycles. The number of ether oxygens (including phenoxy) is 1. The number of benzene rings is 4. The summed E-state index contributed by atoms with van der Waals surface area (Å²) >= 11 is 0. The molecule has 0 aliphatic carbocycles. The average molecular weight is 495 g/mol. The highest BCUT2D eigenvalue weighted by molar-refractivity contribution is 6.01. The van der Waals surface area contributed by atoms with Crippen LogP contribution in [-0.2, 0) is 5.41 Å². The molecule has 6 heteroatoms. The number of carboxylic acids is 1. The molecule has 0 aromatic heterocycles. The van der Waals surface area contributed by atoms with Crippen LogP contribution in [0.1, 0.15) is 42.3 Å². The Bertz CT molecular complexity index is 1450. The predicted molar refractivity (Wildman–Crippen MR) is 148 cm³/mol. The lowest BCUT2D eigenvalue weighted by Crippen LogP contribution is -2.20. The van der Waals surface area contributed by atoms with Gasteiger partial charge in [-0.1, -0.05) is 75.4 Å². The summed E-state index contributed by atoms with van der Waals surface area (Å²) in [6, 6.07) is 27.0. The first-order valence-corrected chi connectivity index (χ1v) is 12.0. The Kier molecular flexibility index (Phi) is 7.30. The molecule has 4 aromatic rings. The van der Waals surface area contributed by atoms with Crippen molar-refractivity contribution < 1.29 is 19.4 Å². The van der Waals surface area contributed by atoms with Crippen molar-refractivity contribution in [1.82, 2.24) is 0 Å². The molecule has 0 unspecified atom stereocenters. The van der Waals surface area contributed by atoms with Gasteiger partial charge >= 0.3 is 12.0 Å². The molecule has 6 nitrogen and oxygen atoms in total. The van der Waals surface area contributed by atoms with Crippen LogP contribution in [-0.4, -0.2) is 17.1 Å². The quantitative estimate of drug-likeness (QED) is 0.253. The second-order valence-electron chi connectivity index (χ2n) is 9.84. The zero-order valence-corrected chi connectivity index (χ0v) is 21.3. The van der Waals surface area contributed by atoms with Gasteiger partial charge in [-0.2, -0.15) is 0 Å². The molecule has 0 saturated heterocycles. The van der Waals surface area contributed by atoms with Crippen molar-refractivity contribution in [2.24, 2.45) is 0 Å². The second-order valence-corrected chi connectivity index (χ2v) is 9.84. The molecular formula is C31H30N2O4. The van der Waals surface area contributed by atoms with E-state index >= 15 is 0 Å². The number of carbonyl (C=O) groups is 2. The lowest BCUT2D eigenvalue weighted by Gasteiger charge is -2.23. The van der Waals surface area contributed by atoms with Crippen LogP contribution >= 0.6 is 0 Å². The minimum atomic E-state index is -1.00. The van der Waals surface area contributed by atoms with Gasteiger partial charge in [-0.05, 0) is 65.4 Å². The van der Waals surface area contributed by atoms with E-state index in [-0.39, 0.29) is 11.0 Å². The Morgan fingerprint density at radius 1 is 0.730 bits per heavy atom. The minimum Gasteiger partial charge on any atom is -0.478 e. The van der Waals surface area contributed by atoms with E-state index < -0.39 is 12.0 Å². The third kappa shape index (κ3) is 6.16. The summed E-state index contributed by atoms with van der Waals surface area (Å²) in [7, 11) is 0. The first kappa shape index (κ1) is 25.5. The van der Waals surface area contributed by atoms with Gasteiger partial charge in [-0.25, -0.2) is 9.59 Å². The summed E-state index contributed by atoms with van der Waals surface area (Å²) in [5.41, 5.74) is 4.61. The van der Waals surface area contributed by atoms with Gasteiger partial charge in [0.05, 0.1) is 11.3 Å². The number of para-hydroxylation sites is 2. The maximum absolute atomic E-state index is 13.0. The summed E-state index contributed by atoms with van der Waals surface area (Å²) in [5, 5.41) is 15.2. The van der Waals surface area contributed by atoms with Gasteiger partial charge in [-0.15, -0.1) is 0 Å². The Balaban J connectivity index is 1.73. The number of aromatic carboxylic acids is 1. The smallest absolute Gasteiger partial charge is 0.335 e. The third-order valence-corrected chi connectivity index (χ3v) is 5.98. The molecule has 4 rings (SSSR count). The van der Waals surface area contributed by atoms with Crippen LogP contribution in [0, 0.1) is 6.92 Å². The molecule has 0 radical (unpaired) electrons. The normalized spacial score (nSPS) is 11.0. The van der Waals surface area contributed by atoms with E-state index in [9.17, 15) is 14.7 Å². The maximum Gasteiger partial charge on any atom is 0.335 e. The topological polar surface area (TPSA) is 87.7 Å². The number of carbonyl (C=O) groups excluding carboxylic acids is 1. The van der Waals surface area contributed by atoms with Crippen molar-refractivity contribution in [2.45, 2.75) is 33.1 Å². The molecule has 0 fully saturated rings. The van der Waals surface area contributed by atoms with Crippen LogP contribution in [0.15, 0.2) is 91.0 Å². The van der Waals surface area contributed by atoms with E-state index in [1.165, 1.54) is 0 Å². The van der Waals surface area contributed by atoms with E-state index in [2.05, 4.69) is 31.4 Å². The van der Waals surface area contributed by atoms with E-state index in [1.807, 2.05) is 67.6 Å². The highest BCUT2D eigenvalue weighted by Gasteiger charge is 2.20. The van der Waals surface area contributed by atoms with Gasteiger partial charge < -0.3 is 20.5 Å². The Morgan fingerprint density at radius 3 is 2.14 bits per heavy atom. The number of carboxylic acid groups (broad SMARTS) is 1. The molecule has 37 heavy (non-hydrogen) atoms. The average Bonchev–Trinajstić information content (AvgIpc) is 2.86. The van der Waals surface area contributed by atoms with Gasteiger partial charge in [0.1, 0.15) is 5.75 Å². The van der Waals surface area contributed by atoms with Crippen LogP contribution in [0.2, 0.25) is 0 Å². The first-order chi connectivity index (χ1) is 17.6. The fraction of sp³-hybridized carbons (Fsp3) is 0.161. The van der Waals surface area contributed by atoms with Crippen LogP contribution in [0.5, 0.6) is 11.5 Å². The third-order valence-electron chi connectivity index (χ3n) is 5.98. The Hall–Kier alpha value is -4.58. The largest absolute Gasteiger partial charge is 0.478 e. The van der Waals surface area contributed by atoms with Crippen LogP contribution in [0.3, 0.4) is 0 Å². The van der Waals surface area contributed by atoms with E-state index in [0.717, 1.165) is 16.7 Å². The van der Waals surface area contributed by atoms with Crippen molar-refractivity contribution in [1.29, 1.82) is 0 Å². The van der Waals surface area contributed by atoms with Gasteiger partial charge in [0.2, 0.25) is 0 Å². The van der Waals surface area contributed by atoms with E-state index in [0.29, 0.717) is 28.4 Å². The molecule has 2 amide bonds. The summed E-state index contributed by atoms with van der Waals surface area (Å²) in [6.07, 6.45) is 0. The molecule has 3 N–H and O–H groups in total. The number of nitrogens with one attached hydrogen (secondary N) is 2.